The van der Waals surface area contributed by atoms with Gasteiger partial charge in [0.15, 0.2) is 5.78 Å². The number of rotatable bonds is 7. The number of hydrogen-bond donors (Lipinski definition) is 2. The number of likely N-dealkylation sites (N-methyl/N-ethyl adjacent to an activating group) is 1. The number of carbonyl (C=O) groups is 2. The lowest BCUT2D eigenvalue weighted by Crippen LogP contribution is -2.41. The van der Waals surface area contributed by atoms with Crippen LogP contribution < -0.4 is 5.32 Å². The minimum absolute atomic E-state index is 0.0597. The number of aromatic nitrogens is 1. The molecule has 23 heavy (non-hydrogen) atoms. The Hall–Kier alpha value is -2.40. The van der Waals surface area contributed by atoms with Crippen LogP contribution in [0.1, 0.15) is 33.3 Å². The highest BCUT2D eigenvalue weighted by molar-refractivity contribution is 5.99. The molecule has 0 radical (unpaired) electrons. The fourth-order valence-corrected chi connectivity index (χ4v) is 2.36. The van der Waals surface area contributed by atoms with Crippen molar-refractivity contribution in [3.8, 4) is 0 Å². The first kappa shape index (κ1) is 17.0. The molecule has 1 unspecified atom stereocenters. The number of aromatic amines is 1. The van der Waals surface area contributed by atoms with Crippen molar-refractivity contribution in [3.63, 3.8) is 0 Å². The highest BCUT2D eigenvalue weighted by atomic mass is 16.2. The zero-order chi connectivity index (χ0) is 16.8. The van der Waals surface area contributed by atoms with Crippen LogP contribution in [-0.2, 0) is 6.42 Å². The molecule has 0 aliphatic heterocycles. The van der Waals surface area contributed by atoms with Crippen molar-refractivity contribution >= 4 is 11.7 Å². The molecule has 0 saturated carbocycles. The molecule has 1 heterocycles. The Morgan fingerprint density at radius 2 is 1.91 bits per heavy atom. The van der Waals surface area contributed by atoms with Gasteiger partial charge < -0.3 is 15.2 Å². The summed E-state index contributed by atoms with van der Waals surface area (Å²) in [7, 11) is 4.00. The van der Waals surface area contributed by atoms with E-state index in [9.17, 15) is 9.59 Å². The molecule has 0 saturated heterocycles. The van der Waals surface area contributed by atoms with Gasteiger partial charge in [0.05, 0.1) is 0 Å². The van der Waals surface area contributed by atoms with Gasteiger partial charge in [-0.05, 0) is 39.1 Å². The Morgan fingerprint density at radius 1 is 1.22 bits per heavy atom. The van der Waals surface area contributed by atoms with E-state index in [0.29, 0.717) is 17.8 Å². The maximum absolute atomic E-state index is 12.2. The smallest absolute Gasteiger partial charge is 0.267 e. The molecule has 1 atom stereocenters. The molecule has 1 amide bonds. The molecular formula is C18H23N3O2. The molecule has 2 aromatic rings. The van der Waals surface area contributed by atoms with Crippen LogP contribution in [0.2, 0.25) is 0 Å². The lowest BCUT2D eigenvalue weighted by molar-refractivity contribution is 0.0937. The summed E-state index contributed by atoms with van der Waals surface area (Å²) >= 11 is 0. The molecule has 5 heteroatoms. The Balaban J connectivity index is 1.95. The topological polar surface area (TPSA) is 65.2 Å². The van der Waals surface area contributed by atoms with E-state index in [0.717, 1.165) is 6.42 Å². The standard InChI is InChI=1S/C18H23N3O2/c1-13(22)15-10-17(19-11-15)18(23)20-12-16(21(2)3)9-14-7-5-4-6-8-14/h4-8,10-11,16,19H,9,12H2,1-3H3,(H,20,23). The molecule has 5 nitrogen and oxygen atoms in total. The van der Waals surface area contributed by atoms with Crippen molar-refractivity contribution in [2.24, 2.45) is 0 Å². The number of Topliss-reactive ketones (excluding diaryl/α,β-unsaturated/α-hetero) is 1. The number of hydrogen-bond acceptors (Lipinski definition) is 3. The third kappa shape index (κ3) is 4.79. The van der Waals surface area contributed by atoms with E-state index < -0.39 is 0 Å². The van der Waals surface area contributed by atoms with Gasteiger partial charge in [-0.25, -0.2) is 0 Å². The molecule has 1 aromatic carbocycles. The first-order valence-electron chi connectivity index (χ1n) is 7.65. The van der Waals surface area contributed by atoms with Gasteiger partial charge >= 0.3 is 0 Å². The van der Waals surface area contributed by atoms with E-state index in [4.69, 9.17) is 0 Å². The third-order valence-corrected chi connectivity index (χ3v) is 3.88. The summed E-state index contributed by atoms with van der Waals surface area (Å²) in [5.41, 5.74) is 2.16. The molecule has 0 bridgehead atoms. The molecule has 2 N–H and O–H groups in total. The molecule has 0 aliphatic rings. The molecule has 0 fully saturated rings. The van der Waals surface area contributed by atoms with Gasteiger partial charge in [-0.3, -0.25) is 9.59 Å². The monoisotopic (exact) mass is 313 g/mol. The zero-order valence-electron chi connectivity index (χ0n) is 13.8. The van der Waals surface area contributed by atoms with Crippen molar-refractivity contribution in [1.29, 1.82) is 0 Å². The van der Waals surface area contributed by atoms with Crippen molar-refractivity contribution in [1.82, 2.24) is 15.2 Å². The van der Waals surface area contributed by atoms with E-state index >= 15 is 0 Å². The van der Waals surface area contributed by atoms with E-state index in [1.54, 1.807) is 12.3 Å². The van der Waals surface area contributed by atoms with Crippen LogP contribution >= 0.6 is 0 Å². The fourth-order valence-electron chi connectivity index (χ4n) is 2.36. The minimum Gasteiger partial charge on any atom is -0.356 e. The molecule has 1 aromatic heterocycles. The molecule has 0 spiro atoms. The van der Waals surface area contributed by atoms with Gasteiger partial charge in [0.1, 0.15) is 5.69 Å². The number of H-pyrrole nitrogens is 1. The highest BCUT2D eigenvalue weighted by Crippen LogP contribution is 2.07. The average molecular weight is 313 g/mol. The largest absolute Gasteiger partial charge is 0.356 e. The van der Waals surface area contributed by atoms with Crippen LogP contribution in [0.3, 0.4) is 0 Å². The Bertz CT molecular complexity index is 662. The maximum Gasteiger partial charge on any atom is 0.267 e. The number of nitrogens with zero attached hydrogens (tertiary/aromatic N) is 1. The molecule has 0 aliphatic carbocycles. The van der Waals surface area contributed by atoms with Crippen LogP contribution in [-0.4, -0.2) is 48.3 Å². The lowest BCUT2D eigenvalue weighted by atomic mass is 10.1. The van der Waals surface area contributed by atoms with Crippen LogP contribution in [0.5, 0.6) is 0 Å². The number of ketones is 1. The summed E-state index contributed by atoms with van der Waals surface area (Å²) in [6.07, 6.45) is 2.42. The third-order valence-electron chi connectivity index (χ3n) is 3.88. The van der Waals surface area contributed by atoms with E-state index in [2.05, 4.69) is 27.3 Å². The fraction of sp³-hybridized carbons (Fsp3) is 0.333. The SMILES string of the molecule is CC(=O)c1c[nH]c(C(=O)NCC(Cc2ccccc2)N(C)C)c1. The van der Waals surface area contributed by atoms with Crippen LogP contribution in [0, 0.1) is 0 Å². The summed E-state index contributed by atoms with van der Waals surface area (Å²) in [5, 5.41) is 2.93. The second-order valence-corrected chi connectivity index (χ2v) is 5.88. The van der Waals surface area contributed by atoms with Gasteiger partial charge in [0.25, 0.3) is 5.91 Å². The van der Waals surface area contributed by atoms with Gasteiger partial charge in [-0.15, -0.1) is 0 Å². The first-order chi connectivity index (χ1) is 11.0. The summed E-state index contributed by atoms with van der Waals surface area (Å²) in [6, 6.07) is 12.0. The van der Waals surface area contributed by atoms with Crippen LogP contribution in [0.25, 0.3) is 0 Å². The lowest BCUT2D eigenvalue weighted by Gasteiger charge is -2.24. The highest BCUT2D eigenvalue weighted by Gasteiger charge is 2.16. The number of amides is 1. The second kappa shape index (κ2) is 7.74. The quantitative estimate of drug-likeness (QED) is 0.770. The normalized spacial score (nSPS) is 12.2. The first-order valence-corrected chi connectivity index (χ1v) is 7.65. The van der Waals surface area contributed by atoms with Gasteiger partial charge in [-0.1, -0.05) is 30.3 Å². The predicted octanol–water partition coefficient (Wildman–Crippen LogP) is 2.12. The van der Waals surface area contributed by atoms with Gasteiger partial charge in [0.2, 0.25) is 0 Å². The van der Waals surface area contributed by atoms with Crippen LogP contribution in [0.15, 0.2) is 42.6 Å². The van der Waals surface area contributed by atoms with Crippen LogP contribution in [0.4, 0.5) is 0 Å². The maximum atomic E-state index is 12.2. The number of carbonyl (C=O) groups excluding carboxylic acids is 2. The van der Waals surface area contributed by atoms with E-state index in [1.165, 1.54) is 12.5 Å². The minimum atomic E-state index is -0.197. The number of benzene rings is 1. The van der Waals surface area contributed by atoms with Crippen molar-refractivity contribution < 1.29 is 9.59 Å². The average Bonchev–Trinajstić information content (AvgIpc) is 3.02. The Kier molecular flexibility index (Phi) is 5.71. The number of nitrogens with one attached hydrogen (secondary N) is 2. The summed E-state index contributed by atoms with van der Waals surface area (Å²) in [5.74, 6) is -0.257. The van der Waals surface area contributed by atoms with E-state index in [1.807, 2.05) is 32.3 Å². The Labute approximate surface area is 136 Å². The van der Waals surface area contributed by atoms with Crippen molar-refractivity contribution in [2.75, 3.05) is 20.6 Å². The predicted molar refractivity (Wildman–Crippen MR) is 90.8 cm³/mol. The van der Waals surface area contributed by atoms with Crippen molar-refractivity contribution in [2.45, 2.75) is 19.4 Å². The second-order valence-electron chi connectivity index (χ2n) is 5.88. The molecule has 2 rings (SSSR count). The van der Waals surface area contributed by atoms with Crippen molar-refractivity contribution in [3.05, 3.63) is 59.4 Å². The Morgan fingerprint density at radius 3 is 2.48 bits per heavy atom. The summed E-state index contributed by atoms with van der Waals surface area (Å²) in [6.45, 7) is 2.02. The van der Waals surface area contributed by atoms with Gasteiger partial charge in [0, 0.05) is 24.3 Å². The summed E-state index contributed by atoms with van der Waals surface area (Å²) < 4.78 is 0. The summed E-state index contributed by atoms with van der Waals surface area (Å²) in [4.78, 5) is 28.4. The van der Waals surface area contributed by atoms with E-state index in [-0.39, 0.29) is 17.7 Å². The zero-order valence-corrected chi connectivity index (χ0v) is 13.8. The molecular weight excluding hydrogens is 290 g/mol. The van der Waals surface area contributed by atoms with Gasteiger partial charge in [-0.2, -0.15) is 0 Å². The molecule has 122 valence electrons.